The molecule has 0 bridgehead atoms. The zero-order chi connectivity index (χ0) is 13.0. The highest BCUT2D eigenvalue weighted by Crippen LogP contribution is 2.33. The molecule has 0 aliphatic heterocycles. The molecule has 0 radical (unpaired) electrons. The lowest BCUT2D eigenvalue weighted by atomic mass is 9.80. The highest BCUT2D eigenvalue weighted by atomic mass is 79.9. The van der Waals surface area contributed by atoms with E-state index >= 15 is 0 Å². The first-order valence-corrected chi connectivity index (χ1v) is 8.35. The lowest BCUT2D eigenvalue weighted by Gasteiger charge is -2.30. The van der Waals surface area contributed by atoms with E-state index < -0.39 is 0 Å². The molecule has 0 N–H and O–H groups in total. The van der Waals surface area contributed by atoms with Crippen LogP contribution in [-0.2, 0) is 11.8 Å². The highest BCUT2D eigenvalue weighted by Gasteiger charge is 2.31. The molecule has 0 aliphatic rings. The van der Waals surface area contributed by atoms with Crippen molar-refractivity contribution in [2.24, 2.45) is 0 Å². The van der Waals surface area contributed by atoms with Gasteiger partial charge in [0.25, 0.3) is 0 Å². The maximum Gasteiger partial charge on any atom is 0.0335 e. The summed E-state index contributed by atoms with van der Waals surface area (Å²) >= 11 is 17.7. The Bertz CT molecular complexity index is 475. The lowest BCUT2D eigenvalue weighted by molar-refractivity contribution is 0.541. The number of rotatable bonds is 5. The van der Waals surface area contributed by atoms with Crippen molar-refractivity contribution >= 4 is 50.5 Å². The number of hydrogen-bond acceptors (Lipinski definition) is 1. The van der Waals surface area contributed by atoms with Crippen LogP contribution in [-0.4, -0.2) is 11.8 Å². The van der Waals surface area contributed by atoms with E-state index in [-0.39, 0.29) is 5.41 Å². The minimum absolute atomic E-state index is 0.186. The van der Waals surface area contributed by atoms with Crippen LogP contribution >= 0.6 is 50.5 Å². The summed E-state index contributed by atoms with van der Waals surface area (Å²) in [5.41, 5.74) is 1.01. The number of halogens is 3. The van der Waals surface area contributed by atoms with Gasteiger partial charge in [0.05, 0.1) is 0 Å². The first-order valence-electron chi connectivity index (χ1n) is 5.60. The average molecular weight is 364 g/mol. The fraction of sp³-hybridized carbons (Fsp3) is 0.286. The minimum Gasteiger partial charge on any atom is -0.149 e. The van der Waals surface area contributed by atoms with Crippen LogP contribution in [0.5, 0.6) is 0 Å². The first-order chi connectivity index (χ1) is 8.70. The lowest BCUT2D eigenvalue weighted by Crippen LogP contribution is -2.33. The zero-order valence-electron chi connectivity index (χ0n) is 9.70. The first kappa shape index (κ1) is 14.4. The van der Waals surface area contributed by atoms with Crippen molar-refractivity contribution in [2.45, 2.75) is 11.8 Å². The molecule has 0 atom stereocenters. The van der Waals surface area contributed by atoms with Crippen molar-refractivity contribution in [1.82, 2.24) is 0 Å². The van der Waals surface area contributed by atoms with Gasteiger partial charge in [0.15, 0.2) is 0 Å². The van der Waals surface area contributed by atoms with Gasteiger partial charge in [-0.3, -0.25) is 0 Å². The van der Waals surface area contributed by atoms with Gasteiger partial charge in [-0.25, -0.2) is 0 Å². The average Bonchev–Trinajstić information content (AvgIpc) is 2.90. The molecule has 4 heteroatoms. The Morgan fingerprint density at radius 3 is 2.22 bits per heavy atom. The van der Waals surface area contributed by atoms with Crippen LogP contribution in [0.1, 0.15) is 10.4 Å². The number of benzene rings is 1. The molecule has 0 unspecified atom stereocenters. The fourth-order valence-corrected chi connectivity index (χ4v) is 3.83. The number of hydrogen-bond donors (Lipinski definition) is 0. The van der Waals surface area contributed by atoms with Crippen LogP contribution in [0, 0.1) is 0 Å². The summed E-state index contributed by atoms with van der Waals surface area (Å²) in [5, 5.41) is 2.09. The van der Waals surface area contributed by atoms with E-state index in [9.17, 15) is 0 Å². The Morgan fingerprint density at radius 2 is 1.72 bits per heavy atom. The predicted octanol–water partition coefficient (Wildman–Crippen LogP) is 5.47. The predicted molar refractivity (Wildman–Crippen MR) is 85.3 cm³/mol. The second-order valence-corrected chi connectivity index (χ2v) is 6.79. The third-order valence-corrected chi connectivity index (χ3v) is 5.49. The molecule has 0 aliphatic carbocycles. The second kappa shape index (κ2) is 6.42. The maximum atomic E-state index is 6.22. The SMILES string of the molecule is ClCC(CCl)(Cc1cccs1)c1ccc(Br)cc1. The van der Waals surface area contributed by atoms with Crippen LogP contribution in [0.15, 0.2) is 46.3 Å². The van der Waals surface area contributed by atoms with E-state index in [1.165, 1.54) is 10.4 Å². The van der Waals surface area contributed by atoms with E-state index in [2.05, 4.69) is 45.6 Å². The zero-order valence-corrected chi connectivity index (χ0v) is 13.6. The molecule has 0 amide bonds. The molecule has 1 aromatic carbocycles. The van der Waals surface area contributed by atoms with Gasteiger partial charge in [0, 0.05) is 26.5 Å². The molecule has 18 heavy (non-hydrogen) atoms. The largest absolute Gasteiger partial charge is 0.149 e. The molecule has 2 aromatic rings. The molecule has 1 aromatic heterocycles. The monoisotopic (exact) mass is 362 g/mol. The Kier molecular flexibility index (Phi) is 5.14. The summed E-state index contributed by atoms with van der Waals surface area (Å²) < 4.78 is 1.07. The summed E-state index contributed by atoms with van der Waals surface area (Å²) in [6.45, 7) is 0. The van der Waals surface area contributed by atoms with Crippen molar-refractivity contribution in [3.63, 3.8) is 0 Å². The van der Waals surface area contributed by atoms with Crippen molar-refractivity contribution in [3.8, 4) is 0 Å². The smallest absolute Gasteiger partial charge is 0.0335 e. The van der Waals surface area contributed by atoms with Gasteiger partial charge in [-0.05, 0) is 35.6 Å². The molecular formula is C14H13BrCl2S. The van der Waals surface area contributed by atoms with Crippen LogP contribution in [0.3, 0.4) is 0 Å². The summed E-state index contributed by atoms with van der Waals surface area (Å²) in [7, 11) is 0. The van der Waals surface area contributed by atoms with E-state index in [1.54, 1.807) is 11.3 Å². The molecule has 0 fully saturated rings. The van der Waals surface area contributed by atoms with E-state index in [4.69, 9.17) is 23.2 Å². The third kappa shape index (κ3) is 3.11. The third-order valence-electron chi connectivity index (χ3n) is 3.06. The number of alkyl halides is 2. The van der Waals surface area contributed by atoms with Gasteiger partial charge < -0.3 is 0 Å². The quantitative estimate of drug-likeness (QED) is 0.618. The Hall–Kier alpha value is -0.0200. The molecule has 0 saturated heterocycles. The highest BCUT2D eigenvalue weighted by molar-refractivity contribution is 9.10. The Labute approximate surface area is 130 Å². The minimum atomic E-state index is -0.186. The van der Waals surface area contributed by atoms with Crippen molar-refractivity contribution in [1.29, 1.82) is 0 Å². The van der Waals surface area contributed by atoms with Gasteiger partial charge in [0.1, 0.15) is 0 Å². The molecule has 0 saturated carbocycles. The van der Waals surface area contributed by atoms with E-state index in [0.717, 1.165) is 10.9 Å². The summed E-state index contributed by atoms with van der Waals surface area (Å²) in [6.07, 6.45) is 0.888. The van der Waals surface area contributed by atoms with Crippen LogP contribution in [0.25, 0.3) is 0 Å². The molecular weight excluding hydrogens is 351 g/mol. The Morgan fingerprint density at radius 1 is 1.06 bits per heavy atom. The van der Waals surface area contributed by atoms with Gasteiger partial charge in [-0.1, -0.05) is 34.1 Å². The fourth-order valence-electron chi connectivity index (χ4n) is 1.94. The van der Waals surface area contributed by atoms with Gasteiger partial charge in [-0.15, -0.1) is 34.5 Å². The number of thiophene rings is 1. The van der Waals surface area contributed by atoms with Gasteiger partial charge in [-0.2, -0.15) is 0 Å². The van der Waals surface area contributed by atoms with Crippen LogP contribution in [0.2, 0.25) is 0 Å². The standard InChI is InChI=1S/C14H13BrCl2S/c15-12-5-3-11(4-6-12)14(9-16,10-17)8-13-2-1-7-18-13/h1-7H,8-10H2. The van der Waals surface area contributed by atoms with Crippen LogP contribution < -0.4 is 0 Å². The van der Waals surface area contributed by atoms with Gasteiger partial charge >= 0.3 is 0 Å². The normalized spacial score (nSPS) is 11.7. The van der Waals surface area contributed by atoms with Crippen LogP contribution in [0.4, 0.5) is 0 Å². The topological polar surface area (TPSA) is 0 Å². The van der Waals surface area contributed by atoms with Crippen molar-refractivity contribution in [2.75, 3.05) is 11.8 Å². The second-order valence-electron chi connectivity index (χ2n) is 4.31. The Balaban J connectivity index is 2.33. The van der Waals surface area contributed by atoms with E-state index in [0.29, 0.717) is 11.8 Å². The van der Waals surface area contributed by atoms with Crippen molar-refractivity contribution < 1.29 is 0 Å². The molecule has 2 rings (SSSR count). The van der Waals surface area contributed by atoms with Gasteiger partial charge in [0.2, 0.25) is 0 Å². The molecule has 1 heterocycles. The summed E-state index contributed by atoms with van der Waals surface area (Å²) in [5.74, 6) is 1.05. The maximum absolute atomic E-state index is 6.22. The molecule has 96 valence electrons. The summed E-state index contributed by atoms with van der Waals surface area (Å²) in [4.78, 5) is 1.32. The van der Waals surface area contributed by atoms with E-state index in [1.807, 2.05) is 12.1 Å². The summed E-state index contributed by atoms with van der Waals surface area (Å²) in [6, 6.07) is 12.5. The molecule has 0 spiro atoms. The van der Waals surface area contributed by atoms with Crippen molar-refractivity contribution in [3.05, 3.63) is 56.7 Å². The molecule has 0 nitrogen and oxygen atoms in total.